The normalized spacial score (nSPS) is 11.2. The lowest BCUT2D eigenvalue weighted by Crippen LogP contribution is -2.03. The first-order valence-electron chi connectivity index (χ1n) is 3.27. The predicted octanol–water partition coefficient (Wildman–Crippen LogP) is 0.328. The van der Waals surface area contributed by atoms with Crippen LogP contribution in [-0.4, -0.2) is 19.3 Å². The lowest BCUT2D eigenvalue weighted by atomic mass is 10.2. The first kappa shape index (κ1) is 9.69. The van der Waals surface area contributed by atoms with Gasteiger partial charge in [-0.25, -0.2) is 0 Å². The van der Waals surface area contributed by atoms with Crippen LogP contribution in [0.25, 0.3) is 0 Å². The zero-order chi connectivity index (χ0) is 10.1. The molecule has 0 saturated carbocycles. The Labute approximate surface area is 74.9 Å². The van der Waals surface area contributed by atoms with E-state index in [1.54, 1.807) is 0 Å². The maximum absolute atomic E-state index is 10.7. The van der Waals surface area contributed by atoms with Gasteiger partial charge in [0, 0.05) is 11.3 Å². The van der Waals surface area contributed by atoms with Crippen molar-refractivity contribution in [3.05, 3.63) is 23.8 Å². The SMILES string of the molecule is Nc1ccc(S(=O)(=O)O)c(C=O)c1. The van der Waals surface area contributed by atoms with Gasteiger partial charge in [0.1, 0.15) is 4.90 Å². The molecule has 0 aliphatic rings. The largest absolute Gasteiger partial charge is 0.399 e. The summed E-state index contributed by atoms with van der Waals surface area (Å²) in [7, 11) is -4.35. The molecule has 1 aromatic carbocycles. The van der Waals surface area contributed by atoms with Gasteiger partial charge in [-0.2, -0.15) is 8.42 Å². The minimum absolute atomic E-state index is 0.150. The lowest BCUT2D eigenvalue weighted by molar-refractivity contribution is 0.112. The Balaban J connectivity index is 3.47. The third-order valence-electron chi connectivity index (χ3n) is 1.44. The van der Waals surface area contributed by atoms with E-state index in [0.29, 0.717) is 6.29 Å². The summed E-state index contributed by atoms with van der Waals surface area (Å²) in [4.78, 5) is 9.96. The monoisotopic (exact) mass is 201 g/mol. The smallest absolute Gasteiger partial charge is 0.295 e. The molecule has 5 nitrogen and oxygen atoms in total. The third kappa shape index (κ3) is 2.04. The molecule has 0 unspecified atom stereocenters. The molecule has 0 heterocycles. The molecule has 0 saturated heterocycles. The molecule has 1 rings (SSSR count). The fourth-order valence-electron chi connectivity index (χ4n) is 0.894. The molecular formula is C7H7NO4S. The molecule has 70 valence electrons. The molecule has 3 N–H and O–H groups in total. The Morgan fingerprint density at radius 2 is 2.00 bits per heavy atom. The third-order valence-corrected chi connectivity index (χ3v) is 2.37. The van der Waals surface area contributed by atoms with Crippen molar-refractivity contribution in [2.24, 2.45) is 0 Å². The van der Waals surface area contributed by atoms with Crippen molar-refractivity contribution in [2.75, 3.05) is 5.73 Å². The number of anilines is 1. The van der Waals surface area contributed by atoms with E-state index in [9.17, 15) is 13.2 Å². The molecule has 6 heteroatoms. The second kappa shape index (κ2) is 3.15. The molecule has 0 spiro atoms. The first-order valence-corrected chi connectivity index (χ1v) is 4.71. The highest BCUT2D eigenvalue weighted by Crippen LogP contribution is 2.16. The van der Waals surface area contributed by atoms with Crippen LogP contribution >= 0.6 is 0 Å². The number of aldehydes is 1. The number of benzene rings is 1. The van der Waals surface area contributed by atoms with Crippen LogP contribution < -0.4 is 5.73 Å². The van der Waals surface area contributed by atoms with Gasteiger partial charge in [-0.1, -0.05) is 0 Å². The molecule has 0 aliphatic carbocycles. The van der Waals surface area contributed by atoms with Gasteiger partial charge in [0.25, 0.3) is 10.1 Å². The Bertz CT molecular complexity index is 438. The van der Waals surface area contributed by atoms with Crippen LogP contribution in [0.15, 0.2) is 23.1 Å². The fraction of sp³-hybridized carbons (Fsp3) is 0. The first-order chi connectivity index (χ1) is 5.95. The van der Waals surface area contributed by atoms with Gasteiger partial charge < -0.3 is 5.73 Å². The standard InChI is InChI=1S/C7H7NO4S/c8-6-1-2-7(13(10,11)12)5(3-6)4-9/h1-4H,8H2,(H,10,11,12). The average molecular weight is 201 g/mol. The van der Waals surface area contributed by atoms with Gasteiger partial charge >= 0.3 is 0 Å². The van der Waals surface area contributed by atoms with Gasteiger partial charge in [-0.15, -0.1) is 0 Å². The van der Waals surface area contributed by atoms with Crippen LogP contribution in [0, 0.1) is 0 Å². The number of nitrogens with two attached hydrogens (primary N) is 1. The number of carbonyl (C=O) groups excluding carboxylic acids is 1. The van der Waals surface area contributed by atoms with Crippen molar-refractivity contribution in [3.8, 4) is 0 Å². The molecule has 0 aromatic heterocycles. The number of hydrogen-bond acceptors (Lipinski definition) is 4. The van der Waals surface area contributed by atoms with Gasteiger partial charge in [0.15, 0.2) is 6.29 Å². The van der Waals surface area contributed by atoms with Crippen LogP contribution in [-0.2, 0) is 10.1 Å². The number of hydrogen-bond donors (Lipinski definition) is 2. The van der Waals surface area contributed by atoms with Crippen LogP contribution in [0.2, 0.25) is 0 Å². The highest BCUT2D eigenvalue weighted by atomic mass is 32.2. The summed E-state index contributed by atoms with van der Waals surface area (Å²) in [6, 6.07) is 3.54. The number of nitrogen functional groups attached to an aromatic ring is 1. The summed E-state index contributed by atoms with van der Waals surface area (Å²) in [5, 5.41) is 0. The number of carbonyl (C=O) groups is 1. The number of rotatable bonds is 2. The van der Waals surface area contributed by atoms with Crippen LogP contribution in [0.4, 0.5) is 5.69 Å². The molecule has 0 amide bonds. The second-order valence-corrected chi connectivity index (χ2v) is 3.78. The quantitative estimate of drug-likeness (QED) is 0.408. The summed E-state index contributed by atoms with van der Waals surface area (Å²) in [5.74, 6) is 0. The summed E-state index contributed by atoms with van der Waals surface area (Å²) < 4.78 is 30.0. The summed E-state index contributed by atoms with van der Waals surface area (Å²) in [5.41, 5.74) is 5.42. The molecule has 13 heavy (non-hydrogen) atoms. The van der Waals surface area contributed by atoms with E-state index in [2.05, 4.69) is 0 Å². The maximum Gasteiger partial charge on any atom is 0.295 e. The van der Waals surface area contributed by atoms with E-state index in [0.717, 1.165) is 6.07 Å². The molecule has 0 aliphatic heterocycles. The highest BCUT2D eigenvalue weighted by Gasteiger charge is 2.14. The van der Waals surface area contributed by atoms with Gasteiger partial charge in [0.05, 0.1) is 0 Å². The predicted molar refractivity (Wildman–Crippen MR) is 46.1 cm³/mol. The molecule has 1 aromatic rings. The van der Waals surface area contributed by atoms with Crippen LogP contribution in [0.1, 0.15) is 10.4 Å². The molecule has 0 radical (unpaired) electrons. The van der Waals surface area contributed by atoms with E-state index in [1.165, 1.54) is 12.1 Å². The fourth-order valence-corrected chi connectivity index (χ4v) is 1.54. The Morgan fingerprint density at radius 1 is 1.38 bits per heavy atom. The second-order valence-electron chi connectivity index (χ2n) is 2.39. The molecular weight excluding hydrogens is 194 g/mol. The van der Waals surface area contributed by atoms with Crippen molar-refractivity contribution < 1.29 is 17.8 Å². The molecule has 0 fully saturated rings. The zero-order valence-electron chi connectivity index (χ0n) is 6.47. The Hall–Kier alpha value is -1.40. The van der Waals surface area contributed by atoms with Gasteiger partial charge in [-0.3, -0.25) is 9.35 Å². The van der Waals surface area contributed by atoms with Gasteiger partial charge in [0.2, 0.25) is 0 Å². The molecule has 0 bridgehead atoms. The minimum atomic E-state index is -4.35. The van der Waals surface area contributed by atoms with Crippen molar-refractivity contribution >= 4 is 22.1 Å². The zero-order valence-corrected chi connectivity index (χ0v) is 7.28. The van der Waals surface area contributed by atoms with Crippen LogP contribution in [0.5, 0.6) is 0 Å². The Morgan fingerprint density at radius 3 is 2.46 bits per heavy atom. The van der Waals surface area contributed by atoms with E-state index >= 15 is 0 Å². The van der Waals surface area contributed by atoms with E-state index in [1.807, 2.05) is 0 Å². The van der Waals surface area contributed by atoms with E-state index < -0.39 is 15.0 Å². The highest BCUT2D eigenvalue weighted by molar-refractivity contribution is 7.86. The summed E-state index contributed by atoms with van der Waals surface area (Å²) in [6.45, 7) is 0. The minimum Gasteiger partial charge on any atom is -0.399 e. The lowest BCUT2D eigenvalue weighted by Gasteiger charge is -2.01. The van der Waals surface area contributed by atoms with Gasteiger partial charge in [-0.05, 0) is 18.2 Å². The van der Waals surface area contributed by atoms with Crippen LogP contribution in [0.3, 0.4) is 0 Å². The molecule has 0 atom stereocenters. The van der Waals surface area contributed by atoms with Crippen molar-refractivity contribution in [1.82, 2.24) is 0 Å². The topological polar surface area (TPSA) is 97.5 Å². The van der Waals surface area contributed by atoms with Crippen molar-refractivity contribution in [1.29, 1.82) is 0 Å². The summed E-state index contributed by atoms with van der Waals surface area (Å²) in [6.07, 6.45) is 0.319. The van der Waals surface area contributed by atoms with Crippen molar-refractivity contribution in [3.63, 3.8) is 0 Å². The van der Waals surface area contributed by atoms with E-state index in [-0.39, 0.29) is 11.3 Å². The maximum atomic E-state index is 10.7. The van der Waals surface area contributed by atoms with E-state index in [4.69, 9.17) is 10.3 Å². The summed E-state index contributed by atoms with van der Waals surface area (Å²) >= 11 is 0. The van der Waals surface area contributed by atoms with Crippen molar-refractivity contribution in [2.45, 2.75) is 4.90 Å². The Kier molecular flexibility index (Phi) is 2.35. The average Bonchev–Trinajstić information content (AvgIpc) is 2.01.